The highest BCUT2D eigenvalue weighted by atomic mass is 32.2. The van der Waals surface area contributed by atoms with Crippen LogP contribution in [0.1, 0.15) is 0 Å². The van der Waals surface area contributed by atoms with E-state index in [2.05, 4.69) is 5.43 Å². The van der Waals surface area contributed by atoms with E-state index in [0.29, 0.717) is 32.0 Å². The number of nitrogens with two attached hydrogens (primary N) is 2. The van der Waals surface area contributed by atoms with E-state index in [-0.39, 0.29) is 10.6 Å². The Morgan fingerprint density at radius 2 is 1.94 bits per heavy atom. The standard InChI is InChI=1S/C10H16N4O3S/c11-10-8(13-14-4-6-17-7-5-14)2-1-3-9(10)18(12,15)16/h1-3,13H,4-7,11H2,(H2,12,15,16). The van der Waals surface area contributed by atoms with Crippen molar-refractivity contribution in [2.24, 2.45) is 5.14 Å². The van der Waals surface area contributed by atoms with E-state index in [0.717, 1.165) is 0 Å². The maximum Gasteiger partial charge on any atom is 0.240 e. The van der Waals surface area contributed by atoms with Gasteiger partial charge in [0.15, 0.2) is 0 Å². The Morgan fingerprint density at radius 3 is 2.56 bits per heavy atom. The van der Waals surface area contributed by atoms with E-state index in [9.17, 15) is 8.42 Å². The van der Waals surface area contributed by atoms with Crippen molar-refractivity contribution in [2.75, 3.05) is 37.5 Å². The van der Waals surface area contributed by atoms with Gasteiger partial charge in [-0.2, -0.15) is 0 Å². The van der Waals surface area contributed by atoms with Gasteiger partial charge in [-0.1, -0.05) is 6.07 Å². The number of nitrogens with one attached hydrogen (secondary N) is 1. The van der Waals surface area contributed by atoms with Gasteiger partial charge >= 0.3 is 0 Å². The van der Waals surface area contributed by atoms with Crippen molar-refractivity contribution in [1.82, 2.24) is 5.01 Å². The Kier molecular flexibility index (Phi) is 3.71. The molecule has 0 atom stereocenters. The minimum absolute atomic E-state index is 0.0687. The van der Waals surface area contributed by atoms with Crippen molar-refractivity contribution in [2.45, 2.75) is 4.90 Å². The fourth-order valence-electron chi connectivity index (χ4n) is 1.74. The van der Waals surface area contributed by atoms with E-state index in [1.54, 1.807) is 12.1 Å². The zero-order valence-corrected chi connectivity index (χ0v) is 10.6. The molecule has 1 aliphatic rings. The summed E-state index contributed by atoms with van der Waals surface area (Å²) in [5, 5.41) is 7.01. The summed E-state index contributed by atoms with van der Waals surface area (Å²) in [7, 11) is -3.81. The van der Waals surface area contributed by atoms with Gasteiger partial charge in [-0.05, 0) is 12.1 Å². The molecule has 0 saturated carbocycles. The van der Waals surface area contributed by atoms with Crippen LogP contribution < -0.4 is 16.3 Å². The molecule has 5 N–H and O–H groups in total. The number of nitrogens with zero attached hydrogens (tertiary/aromatic N) is 1. The Hall–Kier alpha value is -1.35. The van der Waals surface area contributed by atoms with Crippen molar-refractivity contribution in [3.63, 3.8) is 0 Å². The van der Waals surface area contributed by atoms with Gasteiger partial charge in [-0.25, -0.2) is 18.6 Å². The van der Waals surface area contributed by atoms with E-state index in [4.69, 9.17) is 15.6 Å². The molecule has 1 aromatic rings. The van der Waals surface area contributed by atoms with Gasteiger partial charge in [0.2, 0.25) is 10.0 Å². The first-order valence-corrected chi connectivity index (χ1v) is 7.04. The molecule has 0 amide bonds. The van der Waals surface area contributed by atoms with Crippen molar-refractivity contribution >= 4 is 21.4 Å². The van der Waals surface area contributed by atoms with Gasteiger partial charge < -0.3 is 15.9 Å². The third-order valence-electron chi connectivity index (χ3n) is 2.66. The molecule has 1 fully saturated rings. The predicted molar refractivity (Wildman–Crippen MR) is 68.2 cm³/mol. The zero-order valence-electron chi connectivity index (χ0n) is 9.80. The van der Waals surface area contributed by atoms with Gasteiger partial charge in [-0.3, -0.25) is 0 Å². The Labute approximate surface area is 106 Å². The fourth-order valence-corrected chi connectivity index (χ4v) is 2.42. The lowest BCUT2D eigenvalue weighted by Crippen LogP contribution is -2.40. The quantitative estimate of drug-likeness (QED) is 0.644. The van der Waals surface area contributed by atoms with Gasteiger partial charge in [0, 0.05) is 13.1 Å². The highest BCUT2D eigenvalue weighted by Gasteiger charge is 2.17. The lowest BCUT2D eigenvalue weighted by molar-refractivity contribution is 0.0497. The minimum atomic E-state index is -3.81. The molecule has 100 valence electrons. The molecule has 18 heavy (non-hydrogen) atoms. The van der Waals surface area contributed by atoms with Crippen molar-refractivity contribution in [1.29, 1.82) is 0 Å². The minimum Gasteiger partial charge on any atom is -0.396 e. The first-order chi connectivity index (χ1) is 8.48. The highest BCUT2D eigenvalue weighted by molar-refractivity contribution is 7.89. The lowest BCUT2D eigenvalue weighted by atomic mass is 10.3. The second-order valence-electron chi connectivity index (χ2n) is 3.97. The van der Waals surface area contributed by atoms with Crippen LogP contribution in [0, 0.1) is 0 Å². The second-order valence-corrected chi connectivity index (χ2v) is 5.50. The van der Waals surface area contributed by atoms with Gasteiger partial charge in [0.1, 0.15) is 4.90 Å². The molecule has 1 saturated heterocycles. The summed E-state index contributed by atoms with van der Waals surface area (Å²) >= 11 is 0. The number of ether oxygens (including phenoxy) is 1. The summed E-state index contributed by atoms with van der Waals surface area (Å²) in [4.78, 5) is -0.0687. The Morgan fingerprint density at radius 1 is 1.28 bits per heavy atom. The maximum atomic E-state index is 11.3. The van der Waals surface area contributed by atoms with E-state index < -0.39 is 10.0 Å². The maximum absolute atomic E-state index is 11.3. The summed E-state index contributed by atoms with van der Waals surface area (Å²) in [6, 6.07) is 4.69. The molecule has 1 aliphatic heterocycles. The molecular formula is C10H16N4O3S. The predicted octanol–water partition coefficient (Wildman–Crippen LogP) is -0.425. The van der Waals surface area contributed by atoms with Crippen molar-refractivity contribution in [3.8, 4) is 0 Å². The van der Waals surface area contributed by atoms with Gasteiger partial charge in [0.25, 0.3) is 0 Å². The lowest BCUT2D eigenvalue weighted by Gasteiger charge is -2.28. The van der Waals surface area contributed by atoms with Crippen LogP contribution in [0.5, 0.6) is 0 Å². The zero-order chi connectivity index (χ0) is 13.2. The SMILES string of the molecule is Nc1c(NN2CCOCC2)cccc1S(N)(=O)=O. The Bertz CT molecular complexity index is 526. The third-order valence-corrected chi connectivity index (χ3v) is 3.63. The average molecular weight is 272 g/mol. The summed E-state index contributed by atoms with van der Waals surface area (Å²) in [5.74, 6) is 0. The average Bonchev–Trinajstić information content (AvgIpc) is 2.32. The third kappa shape index (κ3) is 2.91. The molecule has 2 rings (SSSR count). The van der Waals surface area contributed by atoms with E-state index in [1.165, 1.54) is 6.07 Å². The van der Waals surface area contributed by atoms with Crippen LogP contribution in [0.15, 0.2) is 23.1 Å². The number of hydrogen-bond donors (Lipinski definition) is 3. The first-order valence-electron chi connectivity index (χ1n) is 5.49. The normalized spacial score (nSPS) is 17.6. The van der Waals surface area contributed by atoms with Crippen LogP contribution in [0.25, 0.3) is 0 Å². The number of morpholine rings is 1. The molecule has 0 bridgehead atoms. The van der Waals surface area contributed by atoms with Crippen LogP contribution in [0.3, 0.4) is 0 Å². The molecule has 1 aromatic carbocycles. The summed E-state index contributed by atoms with van der Waals surface area (Å²) in [5.41, 5.74) is 9.54. The molecule has 0 spiro atoms. The molecule has 0 aromatic heterocycles. The highest BCUT2D eigenvalue weighted by Crippen LogP contribution is 2.26. The van der Waals surface area contributed by atoms with Crippen LogP contribution in [0.4, 0.5) is 11.4 Å². The molecule has 0 aliphatic carbocycles. The number of para-hydroxylation sites is 1. The number of hydrazine groups is 1. The van der Waals surface area contributed by atoms with Crippen LogP contribution in [-0.4, -0.2) is 39.7 Å². The van der Waals surface area contributed by atoms with Gasteiger partial charge in [-0.15, -0.1) is 0 Å². The Balaban J connectivity index is 2.23. The molecule has 1 heterocycles. The second kappa shape index (κ2) is 5.11. The molecule has 0 unspecified atom stereocenters. The monoisotopic (exact) mass is 272 g/mol. The first kappa shape index (κ1) is 13.1. The summed E-state index contributed by atoms with van der Waals surface area (Å²) < 4.78 is 27.9. The summed E-state index contributed by atoms with van der Waals surface area (Å²) in [6.45, 7) is 2.67. The number of primary sulfonamides is 1. The molecule has 8 heteroatoms. The fraction of sp³-hybridized carbons (Fsp3) is 0.400. The number of hydrogen-bond acceptors (Lipinski definition) is 6. The molecule has 0 radical (unpaired) electrons. The number of anilines is 2. The topological polar surface area (TPSA) is 111 Å². The molecular weight excluding hydrogens is 256 g/mol. The van der Waals surface area contributed by atoms with Crippen molar-refractivity contribution < 1.29 is 13.2 Å². The summed E-state index contributed by atoms with van der Waals surface area (Å²) in [6.07, 6.45) is 0. The van der Waals surface area contributed by atoms with Crippen LogP contribution in [-0.2, 0) is 14.8 Å². The number of nitrogen functional groups attached to an aromatic ring is 1. The number of rotatable bonds is 3. The number of benzene rings is 1. The van der Waals surface area contributed by atoms with Gasteiger partial charge in [0.05, 0.1) is 24.6 Å². The van der Waals surface area contributed by atoms with Crippen LogP contribution >= 0.6 is 0 Å². The van der Waals surface area contributed by atoms with E-state index >= 15 is 0 Å². The smallest absolute Gasteiger partial charge is 0.240 e. The van der Waals surface area contributed by atoms with E-state index in [1.807, 2.05) is 5.01 Å². The molecule has 7 nitrogen and oxygen atoms in total. The van der Waals surface area contributed by atoms with Crippen molar-refractivity contribution in [3.05, 3.63) is 18.2 Å². The largest absolute Gasteiger partial charge is 0.396 e. The number of sulfonamides is 1. The van der Waals surface area contributed by atoms with Crippen LogP contribution in [0.2, 0.25) is 0 Å².